The Kier molecular flexibility index (Phi) is 5.15. The van der Waals surface area contributed by atoms with Gasteiger partial charge in [0.05, 0.1) is 11.4 Å². The number of rotatable bonds is 5. The molecule has 0 saturated carbocycles. The average molecular weight is 446 g/mol. The van der Waals surface area contributed by atoms with Gasteiger partial charge in [-0.2, -0.15) is 0 Å². The van der Waals surface area contributed by atoms with E-state index < -0.39 is 17.9 Å². The summed E-state index contributed by atoms with van der Waals surface area (Å²) in [7, 11) is 1.91. The number of carbonyl (C=O) groups excluding carboxylic acids is 2. The number of fused-ring (bicyclic) bond motifs is 1. The number of anilines is 2. The monoisotopic (exact) mass is 445 g/mol. The molecule has 3 aliphatic heterocycles. The Labute approximate surface area is 193 Å². The van der Waals surface area contributed by atoms with Crippen LogP contribution < -0.4 is 15.0 Å². The van der Waals surface area contributed by atoms with Crippen LogP contribution in [0.15, 0.2) is 58.5 Å². The summed E-state index contributed by atoms with van der Waals surface area (Å²) in [4.78, 5) is 37.7. The minimum Gasteiger partial charge on any atom is -0.466 e. The van der Waals surface area contributed by atoms with Crippen molar-refractivity contribution >= 4 is 35.5 Å². The summed E-state index contributed by atoms with van der Waals surface area (Å²) in [5, 5.41) is 3.29. The highest BCUT2D eigenvalue weighted by atomic mass is 16.5. The number of hydrogen-bond acceptors (Lipinski definition) is 7. The zero-order valence-electron chi connectivity index (χ0n) is 18.9. The van der Waals surface area contributed by atoms with Crippen LogP contribution in [0.1, 0.15) is 24.2 Å². The Bertz CT molecular complexity index is 1140. The maximum absolute atomic E-state index is 13.1. The maximum Gasteiger partial charge on any atom is 0.219 e. The Balaban J connectivity index is 1.27. The van der Waals surface area contributed by atoms with E-state index in [1.54, 1.807) is 48.5 Å². The predicted octanol–water partition coefficient (Wildman–Crippen LogP) is 2.85. The average Bonchev–Trinajstić information content (AvgIpc) is 3.11. The summed E-state index contributed by atoms with van der Waals surface area (Å²) in [6.45, 7) is 4.89. The molecule has 2 aromatic carbocycles. The molecule has 5 rings (SSSR count). The first kappa shape index (κ1) is 21.2. The van der Waals surface area contributed by atoms with E-state index >= 15 is 0 Å². The predicted molar refractivity (Wildman–Crippen MR) is 129 cm³/mol. The Hall–Kier alpha value is -3.68. The number of carbonyl (C=O) groups is 2. The molecule has 1 amide bonds. The summed E-state index contributed by atoms with van der Waals surface area (Å²) in [6, 6.07) is 15.0. The number of ketones is 1. The van der Waals surface area contributed by atoms with Crippen LogP contribution >= 0.6 is 0 Å². The van der Waals surface area contributed by atoms with Crippen molar-refractivity contribution in [3.63, 3.8) is 0 Å². The number of nitrogens with zero attached hydrogens (tertiary/aromatic N) is 4. The number of hydrogen-bond donors (Lipinski definition) is 1. The molecule has 1 saturated heterocycles. The molecule has 1 fully saturated rings. The summed E-state index contributed by atoms with van der Waals surface area (Å²) >= 11 is 0. The lowest BCUT2D eigenvalue weighted by molar-refractivity contribution is -0.137. The van der Waals surface area contributed by atoms with Gasteiger partial charge in [0, 0.05) is 51.0 Å². The fourth-order valence-corrected chi connectivity index (χ4v) is 4.60. The second kappa shape index (κ2) is 8.03. The highest BCUT2D eigenvalue weighted by Gasteiger charge is 2.49. The first-order chi connectivity index (χ1) is 15.9. The van der Waals surface area contributed by atoms with Gasteiger partial charge in [-0.25, -0.2) is 4.99 Å². The standard InChI is InChI=1S/C25H27N5O3/c1-16(31)30-14-18(15-30)25(2)24(26-12-13-27-25)33-19-10-8-17(9-11-19)22(32)23-28-20-6-4-5-7-21(20)29(23)3/h4-13,18,23-24,28H,14-15H2,1-3H3. The summed E-state index contributed by atoms with van der Waals surface area (Å²) in [5.41, 5.74) is 2.00. The number of nitrogens with one attached hydrogen (secondary N) is 1. The van der Waals surface area contributed by atoms with Crippen LogP contribution in [0.4, 0.5) is 11.4 Å². The van der Waals surface area contributed by atoms with E-state index in [4.69, 9.17) is 4.74 Å². The molecule has 3 atom stereocenters. The topological polar surface area (TPSA) is 86.6 Å². The number of amides is 1. The first-order valence-corrected chi connectivity index (χ1v) is 11.1. The quantitative estimate of drug-likeness (QED) is 0.716. The lowest BCUT2D eigenvalue weighted by atomic mass is 9.78. The Morgan fingerprint density at radius 2 is 1.82 bits per heavy atom. The van der Waals surface area contributed by atoms with Crippen LogP contribution in [0.5, 0.6) is 5.75 Å². The lowest BCUT2D eigenvalue weighted by Crippen LogP contribution is -2.62. The van der Waals surface area contributed by atoms with E-state index in [-0.39, 0.29) is 17.6 Å². The number of ether oxygens (including phenoxy) is 1. The molecular weight excluding hydrogens is 418 g/mol. The number of benzene rings is 2. The molecule has 0 bridgehead atoms. The molecule has 170 valence electrons. The van der Waals surface area contributed by atoms with Gasteiger partial charge in [0.1, 0.15) is 11.3 Å². The molecule has 3 aliphatic rings. The second-order valence-electron chi connectivity index (χ2n) is 8.96. The van der Waals surface area contributed by atoms with Gasteiger partial charge in [-0.3, -0.25) is 14.6 Å². The molecule has 3 heterocycles. The van der Waals surface area contributed by atoms with E-state index in [0.29, 0.717) is 24.4 Å². The number of aliphatic imine (C=N–C) groups is 2. The second-order valence-corrected chi connectivity index (χ2v) is 8.96. The van der Waals surface area contributed by atoms with Crippen LogP contribution in [0.2, 0.25) is 0 Å². The van der Waals surface area contributed by atoms with Crippen LogP contribution in [0.3, 0.4) is 0 Å². The third-order valence-electron chi connectivity index (χ3n) is 6.89. The highest BCUT2D eigenvalue weighted by Crippen LogP contribution is 2.37. The maximum atomic E-state index is 13.1. The largest absolute Gasteiger partial charge is 0.466 e. The first-order valence-electron chi connectivity index (χ1n) is 11.1. The third-order valence-corrected chi connectivity index (χ3v) is 6.89. The normalized spacial score (nSPS) is 25.9. The van der Waals surface area contributed by atoms with Crippen molar-refractivity contribution in [3.8, 4) is 5.75 Å². The van der Waals surface area contributed by atoms with Crippen LogP contribution in [0, 0.1) is 5.92 Å². The molecular formula is C25H27N5O3. The van der Waals surface area contributed by atoms with Crippen LogP contribution in [-0.4, -0.2) is 67.1 Å². The van der Waals surface area contributed by atoms with E-state index in [9.17, 15) is 9.59 Å². The molecule has 0 aromatic heterocycles. The van der Waals surface area contributed by atoms with Crippen LogP contribution in [0.25, 0.3) is 0 Å². The summed E-state index contributed by atoms with van der Waals surface area (Å²) in [5.74, 6) is 0.855. The van der Waals surface area contributed by atoms with Crippen molar-refractivity contribution in [2.24, 2.45) is 15.9 Å². The summed E-state index contributed by atoms with van der Waals surface area (Å²) in [6.07, 6.45) is 2.39. The molecule has 0 spiro atoms. The van der Waals surface area contributed by atoms with Gasteiger partial charge in [0.25, 0.3) is 0 Å². The van der Waals surface area contributed by atoms with Gasteiger partial charge in [-0.05, 0) is 43.3 Å². The SMILES string of the molecule is CC(=O)N1CC(C2(C)N=CC=NC2Oc2ccc(C(=O)C3Nc4ccccc4N3C)cc2)C1. The van der Waals surface area contributed by atoms with Gasteiger partial charge in [0.2, 0.25) is 17.9 Å². The van der Waals surface area contributed by atoms with Gasteiger partial charge in [0.15, 0.2) is 6.17 Å². The smallest absolute Gasteiger partial charge is 0.219 e. The molecule has 0 aliphatic carbocycles. The molecule has 0 radical (unpaired) electrons. The van der Waals surface area contributed by atoms with Gasteiger partial charge < -0.3 is 19.9 Å². The highest BCUT2D eigenvalue weighted by molar-refractivity contribution is 6.16. The van der Waals surface area contributed by atoms with E-state index in [1.165, 1.54) is 0 Å². The van der Waals surface area contributed by atoms with Crippen LogP contribution in [-0.2, 0) is 4.79 Å². The Morgan fingerprint density at radius 3 is 2.52 bits per heavy atom. The molecule has 1 N–H and O–H groups in total. The zero-order chi connectivity index (χ0) is 23.2. The minimum atomic E-state index is -0.558. The van der Waals surface area contributed by atoms with Crippen molar-refractivity contribution in [2.75, 3.05) is 30.4 Å². The van der Waals surface area contributed by atoms with Gasteiger partial charge in [-0.1, -0.05) is 12.1 Å². The van der Waals surface area contributed by atoms with Crippen molar-refractivity contribution in [1.82, 2.24) is 4.90 Å². The number of likely N-dealkylation sites (N-methyl/N-ethyl adjacent to an activating group) is 1. The number of likely N-dealkylation sites (tertiary alicyclic amines) is 1. The fourth-order valence-electron chi connectivity index (χ4n) is 4.60. The third kappa shape index (κ3) is 3.65. The molecule has 8 nitrogen and oxygen atoms in total. The molecule has 8 heteroatoms. The molecule has 3 unspecified atom stereocenters. The summed E-state index contributed by atoms with van der Waals surface area (Å²) < 4.78 is 6.20. The fraction of sp³-hybridized carbons (Fsp3) is 0.360. The number of para-hydroxylation sites is 2. The van der Waals surface area contributed by atoms with Gasteiger partial charge in [-0.15, -0.1) is 0 Å². The Morgan fingerprint density at radius 1 is 1.09 bits per heavy atom. The van der Waals surface area contributed by atoms with E-state index in [2.05, 4.69) is 15.3 Å². The molecule has 33 heavy (non-hydrogen) atoms. The van der Waals surface area contributed by atoms with E-state index in [1.807, 2.05) is 43.1 Å². The van der Waals surface area contributed by atoms with Crippen molar-refractivity contribution in [3.05, 3.63) is 54.1 Å². The number of Topliss-reactive ketones (excluding diaryl/α,β-unsaturated/α-hetero) is 1. The van der Waals surface area contributed by atoms with Gasteiger partial charge >= 0.3 is 0 Å². The molecule has 2 aromatic rings. The van der Waals surface area contributed by atoms with Crippen molar-refractivity contribution in [1.29, 1.82) is 0 Å². The van der Waals surface area contributed by atoms with Crippen molar-refractivity contribution < 1.29 is 14.3 Å². The minimum absolute atomic E-state index is 0.0100. The van der Waals surface area contributed by atoms with E-state index in [0.717, 1.165) is 11.4 Å². The zero-order valence-corrected chi connectivity index (χ0v) is 18.9. The lowest BCUT2D eigenvalue weighted by Gasteiger charge is -2.49. The van der Waals surface area contributed by atoms with Crippen molar-refractivity contribution in [2.45, 2.75) is 31.8 Å².